The van der Waals surface area contributed by atoms with Crippen LogP contribution in [-0.4, -0.2) is 39.8 Å². The molecule has 0 fully saturated rings. The molecule has 9 aromatic rings. The van der Waals surface area contributed by atoms with Crippen molar-refractivity contribution < 1.29 is 30.5 Å². The predicted octanol–water partition coefficient (Wildman–Crippen LogP) is 12.9. The molecule has 0 radical (unpaired) electrons. The van der Waals surface area contributed by atoms with Crippen LogP contribution in [0.3, 0.4) is 0 Å². The molecule has 57 heavy (non-hydrogen) atoms. The third kappa shape index (κ3) is 8.29. The van der Waals surface area contributed by atoms with Crippen molar-refractivity contribution in [3.63, 3.8) is 0 Å². The van der Waals surface area contributed by atoms with Crippen LogP contribution in [0.15, 0.2) is 174 Å². The molecule has 0 aliphatic heterocycles. The third-order valence-electron chi connectivity index (χ3n) is 9.59. The molecule has 9 heteroatoms. The van der Waals surface area contributed by atoms with Crippen molar-refractivity contribution in [2.24, 2.45) is 9.98 Å². The summed E-state index contributed by atoms with van der Waals surface area (Å²) in [7, 11) is 10.7. The number of aliphatic imine (C=N–C) groups is 2. The van der Waals surface area contributed by atoms with E-state index < -0.39 is 0 Å². The number of rotatable bonds is 6. The van der Waals surface area contributed by atoms with Gasteiger partial charge in [-0.15, -0.1) is 0 Å². The van der Waals surface area contributed by atoms with Crippen molar-refractivity contribution >= 4 is 86.3 Å². The van der Waals surface area contributed by atoms with Crippen LogP contribution < -0.4 is 0 Å². The number of aliphatic hydroxyl groups is 1. The van der Waals surface area contributed by atoms with Gasteiger partial charge >= 0.3 is 34.5 Å². The molecule has 0 unspecified atom stereocenters. The van der Waals surface area contributed by atoms with E-state index in [0.717, 1.165) is 83.8 Å². The number of aliphatic hydroxyl groups excluding tert-OH is 1. The first-order valence-corrected chi connectivity index (χ1v) is 22.3. The Morgan fingerprint density at radius 3 is 1.11 bits per heavy atom. The molecule has 282 valence electrons. The number of phenolic OH excluding ortho intramolecular Hbond substituents is 2. The summed E-state index contributed by atoms with van der Waals surface area (Å²) in [5.41, 5.74) is 6.00. The van der Waals surface area contributed by atoms with Gasteiger partial charge in [0.15, 0.2) is 0 Å². The second-order valence-corrected chi connectivity index (χ2v) is 15.4. The van der Waals surface area contributed by atoms with Crippen molar-refractivity contribution in [3.05, 3.63) is 175 Å². The molecule has 0 aliphatic rings. The monoisotopic (exact) mass is 873 g/mol. The first-order valence-electron chi connectivity index (χ1n) is 17.8. The van der Waals surface area contributed by atoms with Crippen molar-refractivity contribution in [1.82, 2.24) is 4.98 Å². The maximum atomic E-state index is 11.2. The predicted molar refractivity (Wildman–Crippen MR) is 236 cm³/mol. The zero-order valence-corrected chi connectivity index (χ0v) is 33.8. The summed E-state index contributed by atoms with van der Waals surface area (Å²) in [4.78, 5) is 14.8. The van der Waals surface area contributed by atoms with Gasteiger partial charge in [0.1, 0.15) is 11.5 Å². The SMILES string of the molecule is CO.Oc1ccc2ccccc2c1-c1c(N=Cc2cccc(C=Nc3ccc4ccccc4c3-c3c(O)ccc4ccccc34)n2)ccc2ccccc12.[Cl][Ru][Cl]. The number of pyridine rings is 1. The van der Waals surface area contributed by atoms with Crippen LogP contribution in [0.2, 0.25) is 0 Å². The number of benzene rings is 8. The van der Waals surface area contributed by atoms with Gasteiger partial charge in [-0.2, -0.15) is 0 Å². The number of hydrogen-bond donors (Lipinski definition) is 3. The van der Waals surface area contributed by atoms with Crippen molar-refractivity contribution in [2.75, 3.05) is 7.11 Å². The number of aromatic nitrogens is 1. The molecule has 0 aliphatic carbocycles. The van der Waals surface area contributed by atoms with E-state index in [1.165, 1.54) is 0 Å². The molecule has 1 heterocycles. The van der Waals surface area contributed by atoms with Gasteiger partial charge in [0.05, 0.1) is 35.2 Å². The Morgan fingerprint density at radius 2 is 0.737 bits per heavy atom. The fraction of sp³-hybridized carbons (Fsp3) is 0.0208. The van der Waals surface area contributed by atoms with Crippen LogP contribution in [0.1, 0.15) is 11.4 Å². The first-order chi connectivity index (χ1) is 28.0. The summed E-state index contributed by atoms with van der Waals surface area (Å²) in [6.07, 6.45) is 3.51. The van der Waals surface area contributed by atoms with Crippen LogP contribution in [0.25, 0.3) is 65.3 Å². The Hall–Kier alpha value is -5.95. The fourth-order valence-electron chi connectivity index (χ4n) is 7.19. The van der Waals surface area contributed by atoms with Crippen LogP contribution in [0.4, 0.5) is 11.4 Å². The van der Waals surface area contributed by atoms with E-state index in [2.05, 4.69) is 48.5 Å². The van der Waals surface area contributed by atoms with Gasteiger partial charge in [-0.05, 0) is 79.5 Å². The van der Waals surface area contributed by atoms with Gasteiger partial charge in [-0.1, -0.05) is 127 Å². The van der Waals surface area contributed by atoms with Crippen molar-refractivity contribution in [1.29, 1.82) is 0 Å². The van der Waals surface area contributed by atoms with Crippen LogP contribution >= 0.6 is 19.4 Å². The van der Waals surface area contributed by atoms with E-state index in [-0.39, 0.29) is 26.6 Å². The number of fused-ring (bicyclic) bond motifs is 4. The van der Waals surface area contributed by atoms with Gasteiger partial charge in [0.25, 0.3) is 0 Å². The zero-order chi connectivity index (χ0) is 39.7. The molecule has 0 atom stereocenters. The molecule has 0 bridgehead atoms. The van der Waals surface area contributed by atoms with Gasteiger partial charge < -0.3 is 15.3 Å². The minimum absolute atomic E-state index is 0.202. The number of halogens is 2. The van der Waals surface area contributed by atoms with Gasteiger partial charge in [0.2, 0.25) is 0 Å². The quantitative estimate of drug-likeness (QED) is 0.114. The number of aromatic hydroxyl groups is 2. The van der Waals surface area contributed by atoms with Gasteiger partial charge in [0, 0.05) is 29.4 Å². The van der Waals surface area contributed by atoms with E-state index in [1.54, 1.807) is 24.6 Å². The topological polar surface area (TPSA) is 98.3 Å². The molecular formula is C48H35Cl2N3O3Ru. The van der Waals surface area contributed by atoms with E-state index in [0.29, 0.717) is 11.4 Å². The molecule has 0 amide bonds. The van der Waals surface area contributed by atoms with E-state index >= 15 is 0 Å². The molecule has 8 aromatic carbocycles. The molecular weight excluding hydrogens is 839 g/mol. The fourth-order valence-corrected chi connectivity index (χ4v) is 7.19. The Morgan fingerprint density at radius 1 is 0.421 bits per heavy atom. The standard InChI is InChI=1S/C47H31N3O2.CH4O.2ClH.Ru/c51-42-26-22-32-12-3-7-18-38(32)46(42)44-36-16-5-1-10-30(36)20-24-40(44)48-28-34-14-9-15-35(50-34)29-49-41-25-21-31-11-2-6-17-37(31)45(41)47-39-19-8-4-13-33(39)23-27-43(47)52;1-2;;;/h1-29,51-52H;2H,1H3;2*1H;/q;;;;+2/p-2. The average molecular weight is 874 g/mol. The Kier molecular flexibility index (Phi) is 12.6. The Balaban J connectivity index is 0.000000949. The number of phenols is 2. The molecule has 0 spiro atoms. The van der Waals surface area contributed by atoms with Crippen molar-refractivity contribution in [2.45, 2.75) is 0 Å². The van der Waals surface area contributed by atoms with E-state index in [9.17, 15) is 10.2 Å². The first kappa shape index (κ1) is 39.3. The van der Waals surface area contributed by atoms with E-state index in [4.69, 9.17) is 39.5 Å². The normalized spacial score (nSPS) is 11.3. The number of nitrogens with zero attached hydrogens (tertiary/aromatic N) is 3. The number of hydrogen-bond acceptors (Lipinski definition) is 6. The molecule has 3 N–H and O–H groups in total. The third-order valence-corrected chi connectivity index (χ3v) is 9.59. The molecule has 0 saturated heterocycles. The average Bonchev–Trinajstić information content (AvgIpc) is 3.26. The van der Waals surface area contributed by atoms with Crippen molar-refractivity contribution in [3.8, 4) is 33.8 Å². The summed E-state index contributed by atoms with van der Waals surface area (Å²) < 4.78 is 0. The molecule has 9 rings (SSSR count). The molecule has 1 aromatic heterocycles. The summed E-state index contributed by atoms with van der Waals surface area (Å²) >= 11 is -0.346. The van der Waals surface area contributed by atoms with E-state index in [1.807, 2.05) is 103 Å². The summed E-state index contributed by atoms with van der Waals surface area (Å²) in [6, 6.07) is 53.7. The zero-order valence-electron chi connectivity index (χ0n) is 30.5. The molecule has 0 saturated carbocycles. The van der Waals surface area contributed by atoms with Gasteiger partial charge in [-0.3, -0.25) is 9.98 Å². The van der Waals surface area contributed by atoms with Gasteiger partial charge in [-0.25, -0.2) is 4.98 Å². The summed E-state index contributed by atoms with van der Waals surface area (Å²) in [5.74, 6) is 0.403. The summed E-state index contributed by atoms with van der Waals surface area (Å²) in [5, 5.41) is 37.6. The minimum atomic E-state index is -0.346. The second kappa shape index (κ2) is 18.3. The van der Waals surface area contributed by atoms with Crippen LogP contribution in [0.5, 0.6) is 11.5 Å². The summed E-state index contributed by atoms with van der Waals surface area (Å²) in [6.45, 7) is 0. The van der Waals surface area contributed by atoms with Crippen LogP contribution in [0, 0.1) is 0 Å². The maximum absolute atomic E-state index is 11.2. The molecule has 6 nitrogen and oxygen atoms in total. The Labute approximate surface area is 345 Å². The Bertz CT molecular complexity index is 2740. The van der Waals surface area contributed by atoms with Crippen LogP contribution in [-0.2, 0) is 15.1 Å². The second-order valence-electron chi connectivity index (χ2n) is 12.8.